The van der Waals surface area contributed by atoms with Crippen molar-refractivity contribution in [1.82, 2.24) is 5.32 Å². The monoisotopic (exact) mass is 724 g/mol. The molecule has 0 bridgehead atoms. The number of rotatable bonds is 6. The summed E-state index contributed by atoms with van der Waals surface area (Å²) in [4.78, 5) is 39.3. The molecule has 10 heteroatoms. The van der Waals surface area contributed by atoms with Gasteiger partial charge in [0.25, 0.3) is 11.8 Å². The minimum atomic E-state index is -0.804. The molecule has 3 aromatic rings. The third kappa shape index (κ3) is 5.65. The van der Waals surface area contributed by atoms with Crippen LogP contribution in [0.3, 0.4) is 0 Å². The van der Waals surface area contributed by atoms with Crippen LogP contribution in [0.15, 0.2) is 69.1 Å². The molecule has 0 radical (unpaired) electrons. The largest absolute Gasteiger partial charge is 0.493 e. The first-order valence-corrected chi connectivity index (χ1v) is 13.3. The van der Waals surface area contributed by atoms with E-state index in [4.69, 9.17) is 9.47 Å². The van der Waals surface area contributed by atoms with Gasteiger partial charge in [-0.05, 0) is 111 Å². The summed E-state index contributed by atoms with van der Waals surface area (Å²) in [5.41, 5.74) is 2.52. The van der Waals surface area contributed by atoms with Crippen LogP contribution in [0.1, 0.15) is 16.7 Å². The number of urea groups is 1. The number of amides is 4. The van der Waals surface area contributed by atoms with Crippen LogP contribution >= 0.6 is 54.5 Å². The Balaban J connectivity index is 1.64. The fourth-order valence-electron chi connectivity index (χ4n) is 3.53. The predicted octanol–water partition coefficient (Wildman–Crippen LogP) is 6.38. The second-order valence-corrected chi connectivity index (χ2v) is 10.8. The van der Waals surface area contributed by atoms with E-state index in [1.165, 1.54) is 13.2 Å². The van der Waals surface area contributed by atoms with Crippen LogP contribution in [-0.2, 0) is 16.2 Å². The normalized spacial score (nSPS) is 14.8. The van der Waals surface area contributed by atoms with Crippen molar-refractivity contribution < 1.29 is 23.9 Å². The Morgan fingerprint density at radius 3 is 2.39 bits per heavy atom. The Kier molecular flexibility index (Phi) is 8.16. The van der Waals surface area contributed by atoms with Gasteiger partial charge in [-0.25, -0.2) is 9.69 Å². The molecule has 0 saturated carbocycles. The lowest BCUT2D eigenvalue weighted by Gasteiger charge is -2.26. The summed E-state index contributed by atoms with van der Waals surface area (Å²) in [6, 6.07) is 15.6. The highest BCUT2D eigenvalue weighted by Crippen LogP contribution is 2.38. The van der Waals surface area contributed by atoms with Crippen LogP contribution in [0.5, 0.6) is 11.5 Å². The Morgan fingerprint density at radius 2 is 1.72 bits per heavy atom. The molecule has 4 amide bonds. The van der Waals surface area contributed by atoms with Gasteiger partial charge in [-0.1, -0.05) is 28.1 Å². The number of carbonyl (C=O) groups excluding carboxylic acids is 3. The van der Waals surface area contributed by atoms with E-state index in [-0.39, 0.29) is 5.57 Å². The number of anilines is 1. The number of nitrogens with one attached hydrogen (secondary N) is 1. The van der Waals surface area contributed by atoms with Crippen LogP contribution < -0.4 is 19.7 Å². The van der Waals surface area contributed by atoms with Gasteiger partial charge in [0, 0.05) is 8.04 Å². The van der Waals surface area contributed by atoms with Crippen molar-refractivity contribution in [2.75, 3.05) is 12.0 Å². The summed E-state index contributed by atoms with van der Waals surface area (Å²) in [5, 5.41) is 2.24. The van der Waals surface area contributed by atoms with Crippen LogP contribution in [0, 0.1) is 10.5 Å². The first-order chi connectivity index (χ1) is 17.2. The Labute approximate surface area is 238 Å². The van der Waals surface area contributed by atoms with Gasteiger partial charge in [0.2, 0.25) is 0 Å². The third-order valence-electron chi connectivity index (χ3n) is 5.36. The van der Waals surface area contributed by atoms with E-state index in [1.54, 1.807) is 30.3 Å². The molecule has 1 heterocycles. The van der Waals surface area contributed by atoms with Crippen molar-refractivity contribution in [2.45, 2.75) is 13.5 Å². The zero-order valence-electron chi connectivity index (χ0n) is 19.1. The highest BCUT2D eigenvalue weighted by Gasteiger charge is 2.37. The van der Waals surface area contributed by atoms with E-state index >= 15 is 0 Å². The number of aryl methyl sites for hydroxylation is 1. The van der Waals surface area contributed by atoms with Crippen LogP contribution in [0.25, 0.3) is 6.08 Å². The first-order valence-electron chi connectivity index (χ1n) is 10.6. The Hall–Kier alpha value is -2.70. The zero-order valence-corrected chi connectivity index (χ0v) is 24.4. The summed E-state index contributed by atoms with van der Waals surface area (Å²) in [5.74, 6) is -0.592. The van der Waals surface area contributed by atoms with E-state index in [0.29, 0.717) is 33.8 Å². The van der Waals surface area contributed by atoms with Crippen molar-refractivity contribution in [1.29, 1.82) is 0 Å². The van der Waals surface area contributed by atoms with Crippen LogP contribution in [0.2, 0.25) is 0 Å². The summed E-state index contributed by atoms with van der Waals surface area (Å²) >= 11 is 9.15. The molecule has 7 nitrogen and oxygen atoms in total. The lowest BCUT2D eigenvalue weighted by atomic mass is 10.1. The third-order valence-corrected chi connectivity index (χ3v) is 7.56. The molecule has 3 aromatic carbocycles. The highest BCUT2D eigenvalue weighted by atomic mass is 127. The molecule has 1 N–H and O–H groups in total. The SMILES string of the molecule is COc1cc(/C=C2\C(=O)NC(=O)N(c3ccc(Br)c(C)c3)C2=O)cc(Br)c1OCc1ccc(I)cc1. The second-order valence-electron chi connectivity index (χ2n) is 7.84. The molecule has 0 aromatic heterocycles. The van der Waals surface area contributed by atoms with E-state index in [1.807, 2.05) is 31.2 Å². The van der Waals surface area contributed by atoms with Gasteiger partial charge in [0.05, 0.1) is 17.3 Å². The number of hydrogen-bond donors (Lipinski definition) is 1. The van der Waals surface area contributed by atoms with Gasteiger partial charge in [0.15, 0.2) is 11.5 Å². The molecule has 184 valence electrons. The maximum atomic E-state index is 13.2. The number of methoxy groups -OCH3 is 1. The van der Waals surface area contributed by atoms with Crippen molar-refractivity contribution in [2.24, 2.45) is 0 Å². The smallest absolute Gasteiger partial charge is 0.335 e. The molecule has 36 heavy (non-hydrogen) atoms. The minimum absolute atomic E-state index is 0.184. The number of hydrogen-bond acceptors (Lipinski definition) is 5. The number of imide groups is 2. The van der Waals surface area contributed by atoms with Crippen molar-refractivity contribution in [3.05, 3.63) is 89.4 Å². The standard InChI is InChI=1S/C26H19Br2IN2O5/c1-14-9-18(7-8-20(14)27)31-25(33)19(24(32)30-26(31)34)10-16-11-21(28)23(22(12-16)35-2)36-13-15-3-5-17(29)6-4-15/h3-12H,13H2,1-2H3,(H,30,32,34)/b19-10+. The molecule has 1 fully saturated rings. The Morgan fingerprint density at radius 1 is 1.00 bits per heavy atom. The van der Waals surface area contributed by atoms with Gasteiger partial charge in [-0.3, -0.25) is 14.9 Å². The van der Waals surface area contributed by atoms with Gasteiger partial charge < -0.3 is 9.47 Å². The van der Waals surface area contributed by atoms with Gasteiger partial charge in [-0.2, -0.15) is 0 Å². The van der Waals surface area contributed by atoms with Gasteiger partial charge >= 0.3 is 6.03 Å². The number of barbiturate groups is 1. The van der Waals surface area contributed by atoms with E-state index in [2.05, 4.69) is 59.8 Å². The number of halogens is 3. The molecule has 0 spiro atoms. The molecule has 1 saturated heterocycles. The second kappa shape index (κ2) is 11.1. The summed E-state index contributed by atoms with van der Waals surface area (Å²) in [6.07, 6.45) is 1.42. The highest BCUT2D eigenvalue weighted by molar-refractivity contribution is 14.1. The fourth-order valence-corrected chi connectivity index (χ4v) is 4.71. The average molecular weight is 726 g/mol. The maximum absolute atomic E-state index is 13.2. The molecule has 0 unspecified atom stereocenters. The maximum Gasteiger partial charge on any atom is 0.335 e. The van der Waals surface area contributed by atoms with E-state index in [9.17, 15) is 14.4 Å². The first kappa shape index (κ1) is 26.4. The molecular formula is C26H19Br2IN2O5. The van der Waals surface area contributed by atoms with Crippen molar-refractivity contribution in [3.63, 3.8) is 0 Å². The lowest BCUT2D eigenvalue weighted by Crippen LogP contribution is -2.54. The van der Waals surface area contributed by atoms with E-state index < -0.39 is 17.8 Å². The molecule has 0 aliphatic carbocycles. The quantitative estimate of drug-likeness (QED) is 0.181. The predicted molar refractivity (Wildman–Crippen MR) is 152 cm³/mol. The summed E-state index contributed by atoms with van der Waals surface area (Å²) < 4.78 is 14.0. The molecule has 4 rings (SSSR count). The van der Waals surface area contributed by atoms with Gasteiger partial charge in [-0.15, -0.1) is 0 Å². The van der Waals surface area contributed by atoms with Gasteiger partial charge in [0.1, 0.15) is 12.2 Å². The number of nitrogens with zero attached hydrogens (tertiary/aromatic N) is 1. The van der Waals surface area contributed by atoms with Crippen LogP contribution in [0.4, 0.5) is 10.5 Å². The Bertz CT molecular complexity index is 1410. The fraction of sp³-hybridized carbons (Fsp3) is 0.115. The number of ether oxygens (including phenoxy) is 2. The average Bonchev–Trinajstić information content (AvgIpc) is 2.84. The van der Waals surface area contributed by atoms with Crippen molar-refractivity contribution in [3.8, 4) is 11.5 Å². The van der Waals surface area contributed by atoms with E-state index in [0.717, 1.165) is 24.1 Å². The topological polar surface area (TPSA) is 84.9 Å². The minimum Gasteiger partial charge on any atom is -0.493 e. The molecule has 0 atom stereocenters. The number of carbonyl (C=O) groups is 3. The van der Waals surface area contributed by atoms with Crippen molar-refractivity contribution >= 4 is 84.1 Å². The summed E-state index contributed by atoms with van der Waals surface area (Å²) in [6.45, 7) is 2.17. The number of benzene rings is 3. The zero-order chi connectivity index (χ0) is 26.0. The summed E-state index contributed by atoms with van der Waals surface area (Å²) in [7, 11) is 1.51. The lowest BCUT2D eigenvalue weighted by molar-refractivity contribution is -0.122. The molecule has 1 aliphatic heterocycles. The van der Waals surface area contributed by atoms with Crippen LogP contribution in [-0.4, -0.2) is 25.0 Å². The molecule has 1 aliphatic rings. The molecular weight excluding hydrogens is 707 g/mol.